The second kappa shape index (κ2) is 5.32. The average molecular weight is 365 g/mol. The smallest absolute Gasteiger partial charge is 0.169 e. The molecule has 23 heavy (non-hydrogen) atoms. The molecule has 4 aromatic rings. The molecule has 0 atom stereocenters. The van der Waals surface area contributed by atoms with Crippen LogP contribution in [0.15, 0.2) is 59.2 Å². The largest absolute Gasteiger partial charge is 0.296 e. The number of nitrogens with zero attached hydrogens (tertiary/aromatic N) is 2. The Bertz CT molecular complexity index is 1070. The van der Waals surface area contributed by atoms with E-state index in [0.717, 1.165) is 32.9 Å². The highest BCUT2D eigenvalue weighted by Crippen LogP contribution is 2.29. The van der Waals surface area contributed by atoms with Gasteiger partial charge in [0, 0.05) is 16.2 Å². The number of pyridine rings is 1. The Morgan fingerprint density at radius 1 is 1.09 bits per heavy atom. The number of rotatable bonds is 2. The summed E-state index contributed by atoms with van der Waals surface area (Å²) in [6.07, 6.45) is 2.75. The summed E-state index contributed by atoms with van der Waals surface area (Å²) in [7, 11) is 0. The molecule has 4 rings (SSSR count). The van der Waals surface area contributed by atoms with Gasteiger partial charge in [-0.2, -0.15) is 0 Å². The van der Waals surface area contributed by atoms with E-state index >= 15 is 0 Å². The second-order valence-electron chi connectivity index (χ2n) is 5.56. The molecule has 112 valence electrons. The number of carbonyl (C=O) groups is 1. The van der Waals surface area contributed by atoms with Gasteiger partial charge < -0.3 is 0 Å². The van der Waals surface area contributed by atoms with Crippen LogP contribution < -0.4 is 0 Å². The van der Waals surface area contributed by atoms with Gasteiger partial charge in [0.15, 0.2) is 6.29 Å². The maximum Gasteiger partial charge on any atom is 0.169 e. The summed E-state index contributed by atoms with van der Waals surface area (Å²) in [6, 6.07) is 16.3. The topological polar surface area (TPSA) is 34.4 Å². The third-order valence-electron chi connectivity index (χ3n) is 4.04. The van der Waals surface area contributed by atoms with Crippen molar-refractivity contribution in [3.05, 3.63) is 70.5 Å². The van der Waals surface area contributed by atoms with Crippen LogP contribution in [0.2, 0.25) is 0 Å². The standard InChI is InChI=1S/C19H13BrN2O/c1-12-8-16(20)10-22-17(11-23)18(21-19(12)22)15-7-6-13-4-2-3-5-14(13)9-15/h2-11H,1H3. The highest BCUT2D eigenvalue weighted by atomic mass is 79.9. The van der Waals surface area contributed by atoms with Crippen LogP contribution in [0.3, 0.4) is 0 Å². The Morgan fingerprint density at radius 3 is 2.65 bits per heavy atom. The van der Waals surface area contributed by atoms with Crippen LogP contribution in [0, 0.1) is 6.92 Å². The lowest BCUT2D eigenvalue weighted by atomic mass is 10.0. The Kier molecular flexibility index (Phi) is 3.27. The lowest BCUT2D eigenvalue weighted by Gasteiger charge is -2.02. The van der Waals surface area contributed by atoms with Gasteiger partial charge in [0.05, 0.1) is 0 Å². The number of benzene rings is 2. The number of halogens is 1. The SMILES string of the molecule is Cc1cc(Br)cn2c(C=O)c(-c3ccc4ccccc4c3)nc12. The first-order chi connectivity index (χ1) is 11.2. The van der Waals surface area contributed by atoms with Crippen LogP contribution in [0.4, 0.5) is 0 Å². The van der Waals surface area contributed by atoms with Gasteiger partial charge >= 0.3 is 0 Å². The molecule has 4 heteroatoms. The van der Waals surface area contributed by atoms with Gasteiger partial charge in [0.1, 0.15) is 17.0 Å². The van der Waals surface area contributed by atoms with Crippen LogP contribution in [0.25, 0.3) is 27.7 Å². The first-order valence-corrected chi connectivity index (χ1v) is 8.09. The van der Waals surface area contributed by atoms with Crippen molar-refractivity contribution in [1.82, 2.24) is 9.38 Å². The zero-order chi connectivity index (χ0) is 16.0. The Balaban J connectivity index is 2.03. The van der Waals surface area contributed by atoms with Crippen molar-refractivity contribution in [3.8, 4) is 11.3 Å². The second-order valence-corrected chi connectivity index (χ2v) is 6.48. The monoisotopic (exact) mass is 364 g/mol. The maximum atomic E-state index is 11.7. The molecule has 0 aliphatic carbocycles. The molecule has 0 unspecified atom stereocenters. The van der Waals surface area contributed by atoms with E-state index in [2.05, 4.69) is 40.2 Å². The molecule has 0 fully saturated rings. The third-order valence-corrected chi connectivity index (χ3v) is 4.48. The minimum absolute atomic E-state index is 0.569. The summed E-state index contributed by atoms with van der Waals surface area (Å²) >= 11 is 3.48. The lowest BCUT2D eigenvalue weighted by molar-refractivity contribution is 0.111. The van der Waals surface area contributed by atoms with Gasteiger partial charge in [-0.15, -0.1) is 0 Å². The first kappa shape index (κ1) is 14.2. The van der Waals surface area contributed by atoms with Gasteiger partial charge in [0.25, 0.3) is 0 Å². The zero-order valence-electron chi connectivity index (χ0n) is 12.5. The highest BCUT2D eigenvalue weighted by Gasteiger charge is 2.15. The molecule has 0 amide bonds. The first-order valence-electron chi connectivity index (χ1n) is 7.30. The molecule has 0 aliphatic rings. The lowest BCUT2D eigenvalue weighted by Crippen LogP contribution is -1.94. The fraction of sp³-hybridized carbons (Fsp3) is 0.0526. The van der Waals surface area contributed by atoms with E-state index in [1.54, 1.807) is 0 Å². The van der Waals surface area contributed by atoms with Crippen LogP contribution >= 0.6 is 15.9 Å². The quantitative estimate of drug-likeness (QED) is 0.467. The van der Waals surface area contributed by atoms with E-state index in [0.29, 0.717) is 11.4 Å². The maximum absolute atomic E-state index is 11.7. The van der Waals surface area contributed by atoms with Crippen molar-refractivity contribution in [1.29, 1.82) is 0 Å². The molecular weight excluding hydrogens is 352 g/mol. The van der Waals surface area contributed by atoms with Crippen LogP contribution in [0.5, 0.6) is 0 Å². The molecule has 2 aromatic heterocycles. The van der Waals surface area contributed by atoms with Crippen LogP contribution in [0.1, 0.15) is 16.1 Å². The van der Waals surface area contributed by atoms with E-state index in [1.165, 1.54) is 5.39 Å². The van der Waals surface area contributed by atoms with Gasteiger partial charge in [-0.1, -0.05) is 36.4 Å². The van der Waals surface area contributed by atoms with Crippen molar-refractivity contribution in [3.63, 3.8) is 0 Å². The van der Waals surface area contributed by atoms with E-state index < -0.39 is 0 Å². The number of aromatic nitrogens is 2. The molecule has 0 saturated heterocycles. The van der Waals surface area contributed by atoms with Crippen molar-refractivity contribution < 1.29 is 4.79 Å². The number of aryl methyl sites for hydroxylation is 1. The molecule has 0 N–H and O–H groups in total. The van der Waals surface area contributed by atoms with E-state index in [-0.39, 0.29) is 0 Å². The van der Waals surface area contributed by atoms with E-state index in [4.69, 9.17) is 4.98 Å². The summed E-state index contributed by atoms with van der Waals surface area (Å²) < 4.78 is 2.77. The van der Waals surface area contributed by atoms with Gasteiger partial charge in [-0.3, -0.25) is 9.20 Å². The summed E-state index contributed by atoms with van der Waals surface area (Å²) in [6.45, 7) is 1.99. The fourth-order valence-electron chi connectivity index (χ4n) is 2.95. The third kappa shape index (κ3) is 2.26. The summed E-state index contributed by atoms with van der Waals surface area (Å²) in [5.41, 5.74) is 4.06. The molecule has 0 aliphatic heterocycles. The number of hydrogen-bond acceptors (Lipinski definition) is 2. The Morgan fingerprint density at radius 2 is 1.87 bits per heavy atom. The number of carbonyl (C=O) groups excluding carboxylic acids is 1. The molecule has 2 heterocycles. The molecular formula is C19H13BrN2O. The molecule has 0 saturated carbocycles. The highest BCUT2D eigenvalue weighted by molar-refractivity contribution is 9.10. The van der Waals surface area contributed by atoms with Gasteiger partial charge in [-0.05, 0) is 51.3 Å². The van der Waals surface area contributed by atoms with E-state index in [9.17, 15) is 4.79 Å². The average Bonchev–Trinajstić information content (AvgIpc) is 2.93. The molecule has 3 nitrogen and oxygen atoms in total. The Hall–Kier alpha value is -2.46. The normalized spacial score (nSPS) is 11.2. The van der Waals surface area contributed by atoms with Crippen molar-refractivity contribution >= 4 is 38.6 Å². The number of hydrogen-bond donors (Lipinski definition) is 0. The predicted molar refractivity (Wildman–Crippen MR) is 96.0 cm³/mol. The van der Waals surface area contributed by atoms with Crippen LogP contribution in [-0.4, -0.2) is 15.7 Å². The van der Waals surface area contributed by atoms with Crippen molar-refractivity contribution in [2.75, 3.05) is 0 Å². The van der Waals surface area contributed by atoms with Crippen LogP contribution in [-0.2, 0) is 0 Å². The summed E-state index contributed by atoms with van der Waals surface area (Å²) in [5.74, 6) is 0. The zero-order valence-corrected chi connectivity index (χ0v) is 14.0. The molecule has 0 radical (unpaired) electrons. The van der Waals surface area contributed by atoms with E-state index in [1.807, 2.05) is 41.8 Å². The summed E-state index contributed by atoms with van der Waals surface area (Å²) in [5, 5.41) is 2.31. The molecule has 2 aromatic carbocycles. The predicted octanol–water partition coefficient (Wildman–Crippen LogP) is 5.04. The molecule has 0 bridgehead atoms. The molecule has 0 spiro atoms. The Labute approximate surface area is 141 Å². The number of fused-ring (bicyclic) bond motifs is 2. The van der Waals surface area contributed by atoms with Gasteiger partial charge in [0.2, 0.25) is 0 Å². The summed E-state index contributed by atoms with van der Waals surface area (Å²) in [4.78, 5) is 16.4. The minimum atomic E-state index is 0.569. The van der Waals surface area contributed by atoms with Gasteiger partial charge in [-0.25, -0.2) is 4.98 Å². The number of aldehydes is 1. The number of imidazole rings is 1. The fourth-order valence-corrected chi connectivity index (χ4v) is 3.50. The van der Waals surface area contributed by atoms with Crippen molar-refractivity contribution in [2.24, 2.45) is 0 Å². The van der Waals surface area contributed by atoms with Crippen molar-refractivity contribution in [2.45, 2.75) is 6.92 Å². The minimum Gasteiger partial charge on any atom is -0.296 e.